The van der Waals surface area contributed by atoms with Gasteiger partial charge in [0.05, 0.1) is 18.5 Å². The summed E-state index contributed by atoms with van der Waals surface area (Å²) in [5.41, 5.74) is 0.880. The van der Waals surface area contributed by atoms with Gasteiger partial charge in [-0.05, 0) is 25.7 Å². The van der Waals surface area contributed by atoms with Crippen molar-refractivity contribution in [2.45, 2.75) is 44.2 Å². The number of carbonyl (C=O) groups excluding carboxylic acids is 1. The standard InChI is InChI=1S/C17H24N4O5S/c1-27(24,25)21-7-5-12-13(10-21)18-15(19-16(12)22)11-4-6-20(9-11)17(23)14-3-2-8-26-14/h11,14H,2-10H2,1H3,(H,18,19,22)/t11-,14+/m0/s1. The van der Waals surface area contributed by atoms with E-state index in [1.54, 1.807) is 4.90 Å². The minimum absolute atomic E-state index is 0.0126. The average molecular weight is 396 g/mol. The van der Waals surface area contributed by atoms with E-state index in [9.17, 15) is 18.0 Å². The third kappa shape index (κ3) is 3.65. The van der Waals surface area contributed by atoms with E-state index >= 15 is 0 Å². The Morgan fingerprint density at radius 3 is 2.81 bits per heavy atom. The van der Waals surface area contributed by atoms with Crippen molar-refractivity contribution in [1.82, 2.24) is 19.2 Å². The molecule has 2 fully saturated rings. The minimum Gasteiger partial charge on any atom is -0.368 e. The first-order valence-corrected chi connectivity index (χ1v) is 11.2. The molecule has 0 saturated carbocycles. The Balaban J connectivity index is 1.53. The molecule has 4 rings (SSSR count). The van der Waals surface area contributed by atoms with Crippen molar-refractivity contribution in [3.05, 3.63) is 27.4 Å². The lowest BCUT2D eigenvalue weighted by molar-refractivity contribution is -0.139. The predicted octanol–water partition coefficient (Wildman–Crippen LogP) is -0.417. The van der Waals surface area contributed by atoms with Gasteiger partial charge in [0.2, 0.25) is 10.0 Å². The smallest absolute Gasteiger partial charge is 0.254 e. The molecular formula is C17H24N4O5S. The second kappa shape index (κ2) is 6.99. The van der Waals surface area contributed by atoms with Crippen LogP contribution in [0.15, 0.2) is 4.79 Å². The first-order valence-electron chi connectivity index (χ1n) is 9.30. The van der Waals surface area contributed by atoms with Crippen molar-refractivity contribution in [3.63, 3.8) is 0 Å². The molecule has 0 unspecified atom stereocenters. The fourth-order valence-corrected chi connectivity index (χ4v) is 4.85. The van der Waals surface area contributed by atoms with Crippen molar-refractivity contribution >= 4 is 15.9 Å². The zero-order chi connectivity index (χ0) is 19.2. The second-order valence-corrected chi connectivity index (χ2v) is 9.48. The lowest BCUT2D eigenvalue weighted by Gasteiger charge is -2.26. The van der Waals surface area contributed by atoms with Gasteiger partial charge in [-0.2, -0.15) is 4.31 Å². The molecule has 0 bridgehead atoms. The van der Waals surface area contributed by atoms with Crippen molar-refractivity contribution in [1.29, 1.82) is 0 Å². The van der Waals surface area contributed by atoms with Crippen molar-refractivity contribution in [3.8, 4) is 0 Å². The predicted molar refractivity (Wildman–Crippen MR) is 96.7 cm³/mol. The molecule has 27 heavy (non-hydrogen) atoms. The molecule has 2 atom stereocenters. The van der Waals surface area contributed by atoms with Crippen LogP contribution in [0.5, 0.6) is 0 Å². The molecule has 0 spiro atoms. The summed E-state index contributed by atoms with van der Waals surface area (Å²) in [5.74, 6) is 0.497. The van der Waals surface area contributed by atoms with E-state index in [1.807, 2.05) is 0 Å². The normalized spacial score (nSPS) is 26.3. The van der Waals surface area contributed by atoms with E-state index in [2.05, 4.69) is 9.97 Å². The van der Waals surface area contributed by atoms with Crippen LogP contribution in [0, 0.1) is 0 Å². The summed E-state index contributed by atoms with van der Waals surface area (Å²) in [6.45, 7) is 2.15. The summed E-state index contributed by atoms with van der Waals surface area (Å²) in [6, 6.07) is 0. The maximum absolute atomic E-state index is 12.5. The second-order valence-electron chi connectivity index (χ2n) is 7.49. The highest BCUT2D eigenvalue weighted by atomic mass is 32.2. The number of hydrogen-bond acceptors (Lipinski definition) is 6. The fraction of sp³-hybridized carbons (Fsp3) is 0.706. The number of sulfonamides is 1. The first-order chi connectivity index (χ1) is 12.8. The van der Waals surface area contributed by atoms with E-state index in [1.165, 1.54) is 4.31 Å². The van der Waals surface area contributed by atoms with Crippen LogP contribution in [0.1, 0.15) is 42.3 Å². The van der Waals surface area contributed by atoms with Crippen LogP contribution in [0.25, 0.3) is 0 Å². The highest BCUT2D eigenvalue weighted by Crippen LogP contribution is 2.27. The fourth-order valence-electron chi connectivity index (χ4n) is 4.07. The number of likely N-dealkylation sites (tertiary alicyclic amines) is 1. The Morgan fingerprint density at radius 1 is 1.30 bits per heavy atom. The number of amides is 1. The van der Waals surface area contributed by atoms with Gasteiger partial charge in [0.25, 0.3) is 11.5 Å². The van der Waals surface area contributed by atoms with Crippen LogP contribution >= 0.6 is 0 Å². The number of aromatic nitrogens is 2. The molecule has 1 N–H and O–H groups in total. The highest BCUT2D eigenvalue weighted by Gasteiger charge is 2.35. The number of H-pyrrole nitrogens is 1. The first kappa shape index (κ1) is 18.6. The maximum atomic E-state index is 12.5. The SMILES string of the molecule is CS(=O)(=O)N1CCc2c(nc([C@H]3CCN(C(=O)[C@H]4CCCO4)C3)[nH]c2=O)C1. The molecule has 0 aromatic carbocycles. The third-order valence-electron chi connectivity index (χ3n) is 5.62. The van der Waals surface area contributed by atoms with Gasteiger partial charge < -0.3 is 14.6 Å². The number of nitrogens with one attached hydrogen (secondary N) is 1. The Bertz CT molecular complexity index is 906. The van der Waals surface area contributed by atoms with Gasteiger partial charge in [-0.3, -0.25) is 9.59 Å². The number of rotatable bonds is 3. The molecule has 1 aromatic heterocycles. The van der Waals surface area contributed by atoms with Gasteiger partial charge in [-0.25, -0.2) is 13.4 Å². The molecule has 0 aliphatic carbocycles. The molecule has 9 nitrogen and oxygen atoms in total. The van der Waals surface area contributed by atoms with Crippen molar-refractivity contribution < 1.29 is 17.9 Å². The van der Waals surface area contributed by atoms with E-state index in [4.69, 9.17) is 4.74 Å². The number of nitrogens with zero attached hydrogens (tertiary/aromatic N) is 3. The minimum atomic E-state index is -3.33. The van der Waals surface area contributed by atoms with E-state index < -0.39 is 10.0 Å². The summed E-state index contributed by atoms with van der Waals surface area (Å²) in [4.78, 5) is 34.2. The van der Waals surface area contributed by atoms with Crippen molar-refractivity contribution in [2.75, 3.05) is 32.5 Å². The quantitative estimate of drug-likeness (QED) is 0.743. The summed E-state index contributed by atoms with van der Waals surface area (Å²) in [6.07, 6.45) is 3.56. The van der Waals surface area contributed by atoms with E-state index in [-0.39, 0.29) is 30.0 Å². The Morgan fingerprint density at radius 2 is 2.11 bits per heavy atom. The number of carbonyl (C=O) groups is 1. The van der Waals surface area contributed by atoms with Crippen LogP contribution in [-0.2, 0) is 32.5 Å². The molecule has 10 heteroatoms. The Labute approximate surface area is 157 Å². The molecule has 148 valence electrons. The molecular weight excluding hydrogens is 372 g/mol. The molecule has 2 saturated heterocycles. The number of ether oxygens (including phenoxy) is 1. The van der Waals surface area contributed by atoms with Gasteiger partial charge >= 0.3 is 0 Å². The maximum Gasteiger partial charge on any atom is 0.254 e. The number of aromatic amines is 1. The molecule has 0 radical (unpaired) electrons. The summed E-state index contributed by atoms with van der Waals surface area (Å²) >= 11 is 0. The largest absolute Gasteiger partial charge is 0.368 e. The number of hydrogen-bond donors (Lipinski definition) is 1. The average Bonchev–Trinajstić information content (AvgIpc) is 3.32. The van der Waals surface area contributed by atoms with Crippen molar-refractivity contribution in [2.24, 2.45) is 0 Å². The molecule has 3 aliphatic rings. The lowest BCUT2D eigenvalue weighted by atomic mass is 10.1. The topological polar surface area (TPSA) is 113 Å². The van der Waals surface area contributed by atoms with Gasteiger partial charge in [0, 0.05) is 37.7 Å². The molecule has 1 aromatic rings. The van der Waals surface area contributed by atoms with Crippen LogP contribution < -0.4 is 5.56 Å². The van der Waals surface area contributed by atoms with Crippen LogP contribution in [0.3, 0.4) is 0 Å². The molecule has 3 aliphatic heterocycles. The van der Waals surface area contributed by atoms with E-state index in [0.29, 0.717) is 49.7 Å². The summed E-state index contributed by atoms with van der Waals surface area (Å²) in [5, 5.41) is 0. The Hall–Kier alpha value is -1.78. The van der Waals surface area contributed by atoms with Crippen LogP contribution in [0.2, 0.25) is 0 Å². The third-order valence-corrected chi connectivity index (χ3v) is 6.87. The molecule has 4 heterocycles. The van der Waals surface area contributed by atoms with Gasteiger partial charge in [-0.1, -0.05) is 0 Å². The summed E-state index contributed by atoms with van der Waals surface area (Å²) in [7, 11) is -3.33. The number of fused-ring (bicyclic) bond motifs is 1. The zero-order valence-corrected chi connectivity index (χ0v) is 16.1. The zero-order valence-electron chi connectivity index (χ0n) is 15.3. The van der Waals surface area contributed by atoms with Gasteiger partial charge in [0.15, 0.2) is 0 Å². The summed E-state index contributed by atoms with van der Waals surface area (Å²) < 4.78 is 30.5. The van der Waals surface area contributed by atoms with E-state index in [0.717, 1.165) is 25.5 Å². The van der Waals surface area contributed by atoms with Gasteiger partial charge in [0.1, 0.15) is 11.9 Å². The molecule has 1 amide bonds. The monoisotopic (exact) mass is 396 g/mol. The van der Waals surface area contributed by atoms with Crippen LogP contribution in [-0.4, -0.2) is 72.1 Å². The Kier molecular flexibility index (Phi) is 4.81. The highest BCUT2D eigenvalue weighted by molar-refractivity contribution is 7.88. The van der Waals surface area contributed by atoms with Crippen LogP contribution in [0.4, 0.5) is 0 Å². The van der Waals surface area contributed by atoms with Gasteiger partial charge in [-0.15, -0.1) is 0 Å². The lowest BCUT2D eigenvalue weighted by Crippen LogP contribution is -2.39.